The van der Waals surface area contributed by atoms with Crippen molar-refractivity contribution in [1.82, 2.24) is 9.97 Å². The van der Waals surface area contributed by atoms with Crippen molar-refractivity contribution >= 4 is 32.5 Å². The molecule has 6 nitrogen and oxygen atoms in total. The highest BCUT2D eigenvalue weighted by molar-refractivity contribution is 7.92. The van der Waals surface area contributed by atoms with Crippen molar-refractivity contribution < 1.29 is 13.2 Å². The lowest BCUT2D eigenvalue weighted by Gasteiger charge is -2.09. The second-order valence-electron chi connectivity index (χ2n) is 4.82. The van der Waals surface area contributed by atoms with Gasteiger partial charge >= 0.3 is 0 Å². The second kappa shape index (κ2) is 5.27. The first-order chi connectivity index (χ1) is 10.5. The van der Waals surface area contributed by atoms with Gasteiger partial charge in [0.25, 0.3) is 10.0 Å². The third kappa shape index (κ3) is 2.71. The van der Waals surface area contributed by atoms with Gasteiger partial charge in [0.1, 0.15) is 0 Å². The molecule has 0 atom stereocenters. The van der Waals surface area contributed by atoms with Gasteiger partial charge in [-0.15, -0.1) is 0 Å². The number of hydrogen-bond donors (Lipinski definition) is 2. The first-order valence-electron chi connectivity index (χ1n) is 6.53. The van der Waals surface area contributed by atoms with Crippen LogP contribution in [0, 0.1) is 0 Å². The van der Waals surface area contributed by atoms with Crippen molar-refractivity contribution in [2.75, 3.05) is 4.72 Å². The summed E-state index contributed by atoms with van der Waals surface area (Å²) in [6.07, 6.45) is 1.50. The molecule has 112 valence electrons. The molecule has 0 fully saturated rings. The van der Waals surface area contributed by atoms with Crippen LogP contribution in [-0.4, -0.2) is 24.2 Å². The molecule has 7 heteroatoms. The van der Waals surface area contributed by atoms with Crippen LogP contribution < -0.4 is 4.72 Å². The van der Waals surface area contributed by atoms with E-state index in [2.05, 4.69) is 14.7 Å². The topological polar surface area (TPSA) is 91.9 Å². The van der Waals surface area contributed by atoms with Crippen molar-refractivity contribution in [3.63, 3.8) is 0 Å². The Morgan fingerprint density at radius 3 is 2.77 bits per heavy atom. The van der Waals surface area contributed by atoms with Crippen LogP contribution >= 0.6 is 0 Å². The van der Waals surface area contributed by atoms with Crippen LogP contribution in [0.15, 0.2) is 53.7 Å². The van der Waals surface area contributed by atoms with E-state index >= 15 is 0 Å². The minimum atomic E-state index is -3.73. The molecule has 0 bridgehead atoms. The van der Waals surface area contributed by atoms with Gasteiger partial charge in [0.2, 0.25) is 0 Å². The van der Waals surface area contributed by atoms with Crippen molar-refractivity contribution in [3.05, 3.63) is 54.4 Å². The van der Waals surface area contributed by atoms with Crippen LogP contribution in [0.1, 0.15) is 17.3 Å². The van der Waals surface area contributed by atoms with E-state index in [1.54, 1.807) is 24.3 Å². The summed E-state index contributed by atoms with van der Waals surface area (Å²) in [4.78, 5) is 18.4. The van der Waals surface area contributed by atoms with Gasteiger partial charge in [-0.2, -0.15) is 0 Å². The fourth-order valence-electron chi connectivity index (χ4n) is 2.10. The van der Waals surface area contributed by atoms with E-state index in [0.29, 0.717) is 22.3 Å². The summed E-state index contributed by atoms with van der Waals surface area (Å²) in [7, 11) is -3.73. The number of hydrogen-bond acceptors (Lipinski definition) is 4. The number of rotatable bonds is 4. The fraction of sp³-hybridized carbons (Fsp3) is 0.0667. The fourth-order valence-corrected chi connectivity index (χ4v) is 3.17. The van der Waals surface area contributed by atoms with Gasteiger partial charge in [0, 0.05) is 11.3 Å². The number of imidazole rings is 1. The van der Waals surface area contributed by atoms with E-state index in [1.165, 1.54) is 31.5 Å². The van der Waals surface area contributed by atoms with Gasteiger partial charge in [0.15, 0.2) is 5.78 Å². The van der Waals surface area contributed by atoms with E-state index in [0.717, 1.165) is 0 Å². The van der Waals surface area contributed by atoms with Crippen LogP contribution in [0.4, 0.5) is 5.69 Å². The molecule has 0 aliphatic carbocycles. The summed E-state index contributed by atoms with van der Waals surface area (Å²) < 4.78 is 27.3. The van der Waals surface area contributed by atoms with Gasteiger partial charge in [-0.1, -0.05) is 12.1 Å². The maximum absolute atomic E-state index is 12.4. The second-order valence-corrected chi connectivity index (χ2v) is 6.51. The molecule has 0 unspecified atom stereocenters. The van der Waals surface area contributed by atoms with Crippen LogP contribution in [0.5, 0.6) is 0 Å². The van der Waals surface area contributed by atoms with Crippen molar-refractivity contribution in [2.24, 2.45) is 0 Å². The molecule has 0 amide bonds. The number of ketones is 1. The predicted octanol–water partition coefficient (Wildman–Crippen LogP) is 2.57. The number of aromatic amines is 1. The first kappa shape index (κ1) is 14.3. The third-order valence-corrected chi connectivity index (χ3v) is 4.60. The minimum absolute atomic E-state index is 0.123. The molecule has 3 aromatic rings. The lowest BCUT2D eigenvalue weighted by atomic mass is 10.1. The molecule has 3 rings (SSSR count). The van der Waals surface area contributed by atoms with Crippen molar-refractivity contribution in [2.45, 2.75) is 11.8 Å². The van der Waals surface area contributed by atoms with E-state index in [4.69, 9.17) is 0 Å². The highest BCUT2D eigenvalue weighted by Crippen LogP contribution is 2.20. The number of nitrogens with one attached hydrogen (secondary N) is 2. The molecule has 1 heterocycles. The Hall–Kier alpha value is -2.67. The van der Waals surface area contributed by atoms with E-state index < -0.39 is 10.0 Å². The van der Waals surface area contributed by atoms with Crippen LogP contribution in [0.3, 0.4) is 0 Å². The largest absolute Gasteiger partial charge is 0.345 e. The predicted molar refractivity (Wildman–Crippen MR) is 83.3 cm³/mol. The normalized spacial score (nSPS) is 11.5. The minimum Gasteiger partial charge on any atom is -0.345 e. The highest BCUT2D eigenvalue weighted by Gasteiger charge is 2.15. The summed E-state index contributed by atoms with van der Waals surface area (Å²) in [5, 5.41) is 0. The maximum atomic E-state index is 12.4. The standard InChI is InChI=1S/C15H13N3O3S/c1-10(19)11-3-2-4-12(7-11)18-22(20,21)13-5-6-14-15(8-13)17-9-16-14/h2-9,18H,1H3,(H,16,17). The number of carbonyl (C=O) groups is 1. The van der Waals surface area contributed by atoms with Gasteiger partial charge in [0.05, 0.1) is 22.3 Å². The quantitative estimate of drug-likeness (QED) is 0.724. The molecule has 0 aliphatic heterocycles. The summed E-state index contributed by atoms with van der Waals surface area (Å²) in [5.74, 6) is -0.125. The molecule has 22 heavy (non-hydrogen) atoms. The smallest absolute Gasteiger partial charge is 0.261 e. The molecular weight excluding hydrogens is 302 g/mol. The summed E-state index contributed by atoms with van der Waals surface area (Å²) >= 11 is 0. The van der Waals surface area contributed by atoms with Gasteiger partial charge in [-0.3, -0.25) is 9.52 Å². The number of Topliss-reactive ketones (excluding diaryl/α,β-unsaturated/α-hetero) is 1. The molecule has 2 aromatic carbocycles. The van der Waals surface area contributed by atoms with E-state index in [9.17, 15) is 13.2 Å². The van der Waals surface area contributed by atoms with Crippen molar-refractivity contribution in [3.8, 4) is 0 Å². The number of sulfonamides is 1. The number of anilines is 1. The SMILES string of the molecule is CC(=O)c1cccc(NS(=O)(=O)c2ccc3nc[nH]c3c2)c1. The van der Waals surface area contributed by atoms with Crippen LogP contribution in [0.25, 0.3) is 11.0 Å². The van der Waals surface area contributed by atoms with Crippen molar-refractivity contribution in [1.29, 1.82) is 0 Å². The maximum Gasteiger partial charge on any atom is 0.261 e. The molecule has 0 radical (unpaired) electrons. The molecule has 0 saturated carbocycles. The summed E-state index contributed by atoms with van der Waals surface area (Å²) in [5.41, 5.74) is 2.12. The number of aromatic nitrogens is 2. The Balaban J connectivity index is 1.96. The number of carbonyl (C=O) groups excluding carboxylic acids is 1. The van der Waals surface area contributed by atoms with Crippen LogP contribution in [0.2, 0.25) is 0 Å². The molecule has 0 saturated heterocycles. The molecule has 1 aromatic heterocycles. The Labute approximate surface area is 127 Å². The molecule has 0 spiro atoms. The average Bonchev–Trinajstić information content (AvgIpc) is 2.94. The average molecular weight is 315 g/mol. The molecule has 0 aliphatic rings. The van der Waals surface area contributed by atoms with Gasteiger partial charge in [-0.25, -0.2) is 13.4 Å². The van der Waals surface area contributed by atoms with Gasteiger partial charge < -0.3 is 4.98 Å². The molecular formula is C15H13N3O3S. The third-order valence-electron chi connectivity index (χ3n) is 3.22. The Morgan fingerprint density at radius 1 is 1.18 bits per heavy atom. The first-order valence-corrected chi connectivity index (χ1v) is 8.01. The lowest BCUT2D eigenvalue weighted by Crippen LogP contribution is -2.13. The monoisotopic (exact) mass is 315 g/mol. The number of benzene rings is 2. The Morgan fingerprint density at radius 2 is 2.00 bits per heavy atom. The zero-order valence-electron chi connectivity index (χ0n) is 11.7. The zero-order valence-corrected chi connectivity index (χ0v) is 12.5. The van der Waals surface area contributed by atoms with Crippen LogP contribution in [-0.2, 0) is 10.0 Å². The Kier molecular flexibility index (Phi) is 3.42. The number of nitrogens with zero attached hydrogens (tertiary/aromatic N) is 1. The number of fused-ring (bicyclic) bond motifs is 1. The zero-order chi connectivity index (χ0) is 15.7. The molecule has 2 N–H and O–H groups in total. The number of H-pyrrole nitrogens is 1. The highest BCUT2D eigenvalue weighted by atomic mass is 32.2. The van der Waals surface area contributed by atoms with E-state index in [1.807, 2.05) is 0 Å². The lowest BCUT2D eigenvalue weighted by molar-refractivity contribution is 0.101. The Bertz CT molecular complexity index is 961. The van der Waals surface area contributed by atoms with Gasteiger partial charge in [-0.05, 0) is 37.3 Å². The summed E-state index contributed by atoms with van der Waals surface area (Å²) in [6, 6.07) is 11.0. The van der Waals surface area contributed by atoms with E-state index in [-0.39, 0.29) is 10.7 Å². The summed E-state index contributed by atoms with van der Waals surface area (Å²) in [6.45, 7) is 1.43.